The largest absolute Gasteiger partial charge is 0.368 e. The Morgan fingerprint density at radius 2 is 2.29 bits per heavy atom. The van der Waals surface area contributed by atoms with Crippen LogP contribution in [0, 0.1) is 0 Å². The van der Waals surface area contributed by atoms with Crippen LogP contribution in [0.2, 0.25) is 0 Å². The van der Waals surface area contributed by atoms with Gasteiger partial charge in [0.15, 0.2) is 5.13 Å². The molecule has 0 saturated carbocycles. The van der Waals surface area contributed by atoms with Gasteiger partial charge in [0, 0.05) is 19.4 Å². The number of rotatable bonds is 2. The standard InChI is InChI=1S/C8H9N5S/c1-10-8-12-4-6(14-8)5-2-3-11-7(9)13-5/h2-4H,1H3,(H,10,12)(H2,9,11,13). The minimum atomic E-state index is 0.280. The van der Waals surface area contributed by atoms with Crippen molar-refractivity contribution in [2.75, 3.05) is 18.1 Å². The molecule has 0 saturated heterocycles. The van der Waals surface area contributed by atoms with Gasteiger partial charge >= 0.3 is 0 Å². The predicted molar refractivity (Wildman–Crippen MR) is 57.1 cm³/mol. The van der Waals surface area contributed by atoms with Gasteiger partial charge in [-0.05, 0) is 6.07 Å². The van der Waals surface area contributed by atoms with Crippen molar-refractivity contribution in [1.29, 1.82) is 0 Å². The van der Waals surface area contributed by atoms with E-state index >= 15 is 0 Å². The lowest BCUT2D eigenvalue weighted by molar-refractivity contribution is 1.19. The number of nitrogens with one attached hydrogen (secondary N) is 1. The number of thiazole rings is 1. The number of nitrogens with zero attached hydrogens (tertiary/aromatic N) is 3. The predicted octanol–water partition coefficient (Wildman–Crippen LogP) is 1.22. The van der Waals surface area contributed by atoms with Crippen molar-refractivity contribution in [3.05, 3.63) is 18.5 Å². The zero-order chi connectivity index (χ0) is 9.97. The Hall–Kier alpha value is -1.69. The van der Waals surface area contributed by atoms with E-state index in [-0.39, 0.29) is 5.95 Å². The van der Waals surface area contributed by atoms with Crippen molar-refractivity contribution >= 4 is 22.4 Å². The van der Waals surface area contributed by atoms with Crippen LogP contribution in [0.1, 0.15) is 0 Å². The van der Waals surface area contributed by atoms with Gasteiger partial charge in [0.2, 0.25) is 5.95 Å². The molecule has 0 aromatic carbocycles. The van der Waals surface area contributed by atoms with Crippen molar-refractivity contribution in [3.8, 4) is 10.6 Å². The first kappa shape index (κ1) is 8.89. The number of hydrogen-bond acceptors (Lipinski definition) is 6. The highest BCUT2D eigenvalue weighted by atomic mass is 32.1. The number of nitrogens with two attached hydrogens (primary N) is 1. The summed E-state index contributed by atoms with van der Waals surface area (Å²) in [6, 6.07) is 1.81. The SMILES string of the molecule is CNc1ncc(-c2ccnc(N)n2)s1. The lowest BCUT2D eigenvalue weighted by Crippen LogP contribution is -1.93. The highest BCUT2D eigenvalue weighted by Crippen LogP contribution is 2.26. The van der Waals surface area contributed by atoms with Gasteiger partial charge in [0.1, 0.15) is 0 Å². The zero-order valence-corrected chi connectivity index (χ0v) is 8.38. The third-order valence-corrected chi connectivity index (χ3v) is 2.68. The van der Waals surface area contributed by atoms with Crippen LogP contribution in [0.3, 0.4) is 0 Å². The maximum absolute atomic E-state index is 5.48. The topological polar surface area (TPSA) is 76.7 Å². The molecular weight excluding hydrogens is 198 g/mol. The summed E-state index contributed by atoms with van der Waals surface area (Å²) in [7, 11) is 1.83. The van der Waals surface area contributed by atoms with E-state index in [0.717, 1.165) is 15.7 Å². The zero-order valence-electron chi connectivity index (χ0n) is 7.56. The van der Waals surface area contributed by atoms with Crippen LogP contribution in [0.25, 0.3) is 10.6 Å². The minimum Gasteiger partial charge on any atom is -0.368 e. The van der Waals surface area contributed by atoms with Crippen LogP contribution in [0.4, 0.5) is 11.1 Å². The molecule has 2 aromatic heterocycles. The van der Waals surface area contributed by atoms with Gasteiger partial charge in [-0.2, -0.15) is 0 Å². The average molecular weight is 207 g/mol. The summed E-state index contributed by atoms with van der Waals surface area (Å²) in [6.45, 7) is 0. The quantitative estimate of drug-likeness (QED) is 0.774. The van der Waals surface area contributed by atoms with Crippen LogP contribution in [0.15, 0.2) is 18.5 Å². The fourth-order valence-corrected chi connectivity index (χ4v) is 1.76. The van der Waals surface area contributed by atoms with E-state index in [2.05, 4.69) is 20.3 Å². The van der Waals surface area contributed by atoms with Crippen molar-refractivity contribution in [2.45, 2.75) is 0 Å². The fourth-order valence-electron chi connectivity index (χ4n) is 1.02. The summed E-state index contributed by atoms with van der Waals surface area (Å²) in [4.78, 5) is 13.1. The van der Waals surface area contributed by atoms with E-state index < -0.39 is 0 Å². The molecule has 0 atom stereocenters. The molecule has 3 N–H and O–H groups in total. The first-order valence-electron chi connectivity index (χ1n) is 4.02. The van der Waals surface area contributed by atoms with Crippen molar-refractivity contribution in [3.63, 3.8) is 0 Å². The van der Waals surface area contributed by atoms with Gasteiger partial charge in [0.05, 0.1) is 10.6 Å². The number of aromatic nitrogens is 3. The second-order valence-corrected chi connectivity index (χ2v) is 3.61. The summed E-state index contributed by atoms with van der Waals surface area (Å²) >= 11 is 1.53. The summed E-state index contributed by atoms with van der Waals surface area (Å²) in [5, 5.41) is 3.82. The number of anilines is 2. The van der Waals surface area contributed by atoms with E-state index in [9.17, 15) is 0 Å². The van der Waals surface area contributed by atoms with Crippen LogP contribution in [0.5, 0.6) is 0 Å². The third kappa shape index (κ3) is 1.64. The molecule has 2 rings (SSSR count). The lowest BCUT2D eigenvalue weighted by atomic mass is 10.4. The Bertz CT molecular complexity index is 439. The smallest absolute Gasteiger partial charge is 0.220 e. The minimum absolute atomic E-state index is 0.280. The Kier molecular flexibility index (Phi) is 2.28. The molecule has 0 radical (unpaired) electrons. The summed E-state index contributed by atoms with van der Waals surface area (Å²) < 4.78 is 0. The molecule has 0 unspecified atom stereocenters. The Morgan fingerprint density at radius 1 is 1.43 bits per heavy atom. The first-order valence-corrected chi connectivity index (χ1v) is 4.83. The normalized spacial score (nSPS) is 10.1. The van der Waals surface area contributed by atoms with Crippen molar-refractivity contribution in [1.82, 2.24) is 15.0 Å². The molecule has 14 heavy (non-hydrogen) atoms. The molecule has 0 spiro atoms. The summed E-state index contributed by atoms with van der Waals surface area (Å²) in [6.07, 6.45) is 3.40. The van der Waals surface area contributed by atoms with Gasteiger partial charge in [0.25, 0.3) is 0 Å². The Labute approximate surface area is 85.0 Å². The molecule has 0 aliphatic rings. The van der Waals surface area contributed by atoms with Gasteiger partial charge in [-0.3, -0.25) is 0 Å². The fraction of sp³-hybridized carbons (Fsp3) is 0.125. The third-order valence-electron chi connectivity index (χ3n) is 1.65. The van der Waals surface area contributed by atoms with Crippen molar-refractivity contribution in [2.24, 2.45) is 0 Å². The highest BCUT2D eigenvalue weighted by molar-refractivity contribution is 7.18. The van der Waals surface area contributed by atoms with Crippen LogP contribution >= 0.6 is 11.3 Å². The molecule has 0 aliphatic heterocycles. The molecule has 0 fully saturated rings. The molecule has 2 heterocycles. The van der Waals surface area contributed by atoms with Gasteiger partial charge < -0.3 is 11.1 Å². The molecule has 72 valence electrons. The van der Waals surface area contributed by atoms with Crippen molar-refractivity contribution < 1.29 is 0 Å². The van der Waals surface area contributed by atoms with E-state index in [1.54, 1.807) is 12.4 Å². The van der Waals surface area contributed by atoms with Gasteiger partial charge in [-0.15, -0.1) is 0 Å². The van der Waals surface area contributed by atoms with E-state index in [1.165, 1.54) is 11.3 Å². The average Bonchev–Trinajstić information content (AvgIpc) is 2.66. The van der Waals surface area contributed by atoms with E-state index in [0.29, 0.717) is 0 Å². The highest BCUT2D eigenvalue weighted by Gasteiger charge is 2.04. The van der Waals surface area contributed by atoms with Gasteiger partial charge in [-0.25, -0.2) is 15.0 Å². The Balaban J connectivity index is 2.39. The van der Waals surface area contributed by atoms with Crippen LogP contribution in [-0.2, 0) is 0 Å². The summed E-state index contributed by atoms with van der Waals surface area (Å²) in [5.41, 5.74) is 6.28. The second-order valence-electron chi connectivity index (χ2n) is 2.58. The monoisotopic (exact) mass is 207 g/mol. The maximum atomic E-state index is 5.48. The van der Waals surface area contributed by atoms with Crippen LogP contribution in [-0.4, -0.2) is 22.0 Å². The maximum Gasteiger partial charge on any atom is 0.220 e. The number of nitrogen functional groups attached to an aromatic ring is 1. The van der Waals surface area contributed by atoms with E-state index in [1.807, 2.05) is 13.1 Å². The first-order chi connectivity index (χ1) is 6.79. The Morgan fingerprint density at radius 3 is 2.93 bits per heavy atom. The van der Waals surface area contributed by atoms with Crippen LogP contribution < -0.4 is 11.1 Å². The summed E-state index contributed by atoms with van der Waals surface area (Å²) in [5.74, 6) is 0.280. The molecule has 2 aromatic rings. The lowest BCUT2D eigenvalue weighted by Gasteiger charge is -1.95. The van der Waals surface area contributed by atoms with E-state index in [4.69, 9.17) is 5.73 Å². The number of hydrogen-bond donors (Lipinski definition) is 2. The molecule has 5 nitrogen and oxygen atoms in total. The molecule has 0 aliphatic carbocycles. The molecular formula is C8H9N5S. The molecule has 0 amide bonds. The second kappa shape index (κ2) is 3.59. The molecule has 6 heteroatoms. The molecule has 0 bridgehead atoms. The van der Waals surface area contributed by atoms with Gasteiger partial charge in [-0.1, -0.05) is 11.3 Å².